The molecule has 0 amide bonds. The maximum atomic E-state index is 6.03. The van der Waals surface area contributed by atoms with Crippen LogP contribution < -0.4 is 5.73 Å². The number of aryl methyl sites for hydroxylation is 2. The maximum Gasteiger partial charge on any atom is 0.146 e. The number of anilines is 1. The number of nitrogen functional groups attached to an aromatic ring is 1. The Morgan fingerprint density at radius 1 is 1.37 bits per heavy atom. The molecule has 2 heterocycles. The van der Waals surface area contributed by atoms with Crippen LogP contribution in [0.15, 0.2) is 24.4 Å². The molecule has 2 aromatic heterocycles. The average molecular weight is 276 g/mol. The molecule has 0 saturated carbocycles. The minimum atomic E-state index is 0.608. The number of hydrogen-bond acceptors (Lipinski definition) is 3. The number of nitrogens with two attached hydrogens (primary N) is 1. The molecular weight excluding hydrogens is 262 g/mol. The fourth-order valence-electron chi connectivity index (χ4n) is 2.25. The zero-order valence-corrected chi connectivity index (χ0v) is 11.5. The number of aromatic nitrogens is 4. The first-order valence-corrected chi connectivity index (χ1v) is 6.43. The van der Waals surface area contributed by atoms with E-state index in [1.807, 2.05) is 25.2 Å². The van der Waals surface area contributed by atoms with Crippen molar-refractivity contribution in [3.05, 3.63) is 29.4 Å². The maximum absolute atomic E-state index is 6.03. The van der Waals surface area contributed by atoms with Gasteiger partial charge in [-0.2, -0.15) is 5.10 Å². The molecule has 0 unspecified atom stereocenters. The van der Waals surface area contributed by atoms with Gasteiger partial charge in [-0.3, -0.25) is 4.68 Å². The number of fused-ring (bicyclic) bond motifs is 1. The Hall–Kier alpha value is -2.01. The molecule has 0 spiro atoms. The second-order valence-electron chi connectivity index (χ2n) is 4.38. The van der Waals surface area contributed by atoms with Crippen molar-refractivity contribution >= 4 is 28.5 Å². The van der Waals surface area contributed by atoms with Gasteiger partial charge < -0.3 is 10.3 Å². The van der Waals surface area contributed by atoms with Crippen LogP contribution in [0, 0.1) is 0 Å². The lowest BCUT2D eigenvalue weighted by atomic mass is 10.3. The fraction of sp³-hybridized carbons (Fsp3) is 0.231. The lowest BCUT2D eigenvalue weighted by Gasteiger charge is -2.05. The van der Waals surface area contributed by atoms with Crippen LogP contribution in [-0.2, 0) is 13.6 Å². The normalized spacial score (nSPS) is 11.3. The van der Waals surface area contributed by atoms with E-state index in [-0.39, 0.29) is 0 Å². The largest absolute Gasteiger partial charge is 0.383 e. The summed E-state index contributed by atoms with van der Waals surface area (Å²) >= 11 is 6.01. The van der Waals surface area contributed by atoms with Crippen LogP contribution in [0.3, 0.4) is 0 Å². The molecule has 5 nitrogen and oxygen atoms in total. The van der Waals surface area contributed by atoms with Crippen molar-refractivity contribution in [2.75, 3.05) is 5.73 Å². The van der Waals surface area contributed by atoms with Crippen LogP contribution in [0.4, 0.5) is 5.82 Å². The molecular formula is C13H14ClN5. The van der Waals surface area contributed by atoms with Crippen molar-refractivity contribution in [3.63, 3.8) is 0 Å². The second-order valence-corrected chi connectivity index (χ2v) is 4.82. The average Bonchev–Trinajstić information content (AvgIpc) is 2.90. The Bertz CT molecular complexity index is 756. The molecule has 0 aliphatic carbocycles. The van der Waals surface area contributed by atoms with Gasteiger partial charge in [0.05, 0.1) is 22.8 Å². The topological polar surface area (TPSA) is 61.7 Å². The molecule has 0 aliphatic rings. The van der Waals surface area contributed by atoms with Crippen LogP contribution in [0.5, 0.6) is 0 Å². The molecule has 6 heteroatoms. The third-order valence-corrected chi connectivity index (χ3v) is 3.49. The van der Waals surface area contributed by atoms with Crippen molar-refractivity contribution in [1.29, 1.82) is 0 Å². The van der Waals surface area contributed by atoms with Crippen molar-refractivity contribution < 1.29 is 0 Å². The van der Waals surface area contributed by atoms with Gasteiger partial charge in [-0.1, -0.05) is 11.6 Å². The molecule has 0 bridgehead atoms. The van der Waals surface area contributed by atoms with E-state index in [4.69, 9.17) is 17.3 Å². The Morgan fingerprint density at radius 2 is 2.16 bits per heavy atom. The van der Waals surface area contributed by atoms with Crippen molar-refractivity contribution in [3.8, 4) is 11.4 Å². The Kier molecular flexibility index (Phi) is 2.71. The van der Waals surface area contributed by atoms with Gasteiger partial charge in [0.15, 0.2) is 0 Å². The number of halogens is 1. The van der Waals surface area contributed by atoms with Gasteiger partial charge in [0.25, 0.3) is 0 Å². The van der Waals surface area contributed by atoms with Crippen molar-refractivity contribution in [1.82, 2.24) is 19.3 Å². The molecule has 2 N–H and O–H groups in total. The SMILES string of the molecule is CCn1c(-c2cnn(C)c2N)nc2cc(Cl)ccc21. The van der Waals surface area contributed by atoms with Gasteiger partial charge >= 0.3 is 0 Å². The predicted molar refractivity (Wildman–Crippen MR) is 77.0 cm³/mol. The first-order chi connectivity index (χ1) is 9.11. The number of hydrogen-bond donors (Lipinski definition) is 1. The summed E-state index contributed by atoms with van der Waals surface area (Å²) in [6.45, 7) is 2.88. The molecule has 3 rings (SSSR count). The van der Waals surface area contributed by atoms with E-state index in [0.717, 1.165) is 29.0 Å². The molecule has 98 valence electrons. The smallest absolute Gasteiger partial charge is 0.146 e. The number of rotatable bonds is 2. The Labute approximate surface area is 115 Å². The van der Waals surface area contributed by atoms with Gasteiger partial charge in [0, 0.05) is 18.6 Å². The van der Waals surface area contributed by atoms with Gasteiger partial charge in [0.2, 0.25) is 0 Å². The molecule has 19 heavy (non-hydrogen) atoms. The van der Waals surface area contributed by atoms with E-state index in [9.17, 15) is 0 Å². The third kappa shape index (κ3) is 1.77. The van der Waals surface area contributed by atoms with Crippen LogP contribution in [0.25, 0.3) is 22.4 Å². The van der Waals surface area contributed by atoms with Crippen molar-refractivity contribution in [2.24, 2.45) is 7.05 Å². The number of nitrogens with zero attached hydrogens (tertiary/aromatic N) is 4. The zero-order chi connectivity index (χ0) is 13.6. The predicted octanol–water partition coefficient (Wildman–Crippen LogP) is 2.69. The van der Waals surface area contributed by atoms with E-state index in [2.05, 4.69) is 21.6 Å². The summed E-state index contributed by atoms with van der Waals surface area (Å²) in [6.07, 6.45) is 1.74. The van der Waals surface area contributed by atoms with Crippen molar-refractivity contribution in [2.45, 2.75) is 13.5 Å². The molecule has 1 aromatic carbocycles. The number of benzene rings is 1. The third-order valence-electron chi connectivity index (χ3n) is 3.25. The molecule has 0 saturated heterocycles. The van der Waals surface area contributed by atoms with E-state index in [1.54, 1.807) is 10.9 Å². The molecule has 0 fully saturated rings. The Morgan fingerprint density at radius 3 is 2.79 bits per heavy atom. The van der Waals surface area contributed by atoms with Crippen LogP contribution >= 0.6 is 11.6 Å². The molecule has 0 radical (unpaired) electrons. The van der Waals surface area contributed by atoms with Crippen LogP contribution in [-0.4, -0.2) is 19.3 Å². The van der Waals surface area contributed by atoms with Crippen LogP contribution in [0.1, 0.15) is 6.92 Å². The van der Waals surface area contributed by atoms with Gasteiger partial charge in [-0.25, -0.2) is 4.98 Å². The summed E-state index contributed by atoms with van der Waals surface area (Å²) in [5.74, 6) is 1.43. The molecule has 0 aliphatic heterocycles. The highest BCUT2D eigenvalue weighted by atomic mass is 35.5. The fourth-order valence-corrected chi connectivity index (χ4v) is 2.41. The lowest BCUT2D eigenvalue weighted by molar-refractivity contribution is 0.778. The highest BCUT2D eigenvalue weighted by Crippen LogP contribution is 2.29. The number of imidazole rings is 1. The Balaban J connectivity index is 2.31. The summed E-state index contributed by atoms with van der Waals surface area (Å²) in [4.78, 5) is 4.63. The van der Waals surface area contributed by atoms with E-state index in [0.29, 0.717) is 10.8 Å². The summed E-state index contributed by atoms with van der Waals surface area (Å²) in [7, 11) is 1.81. The molecule has 3 aromatic rings. The highest BCUT2D eigenvalue weighted by molar-refractivity contribution is 6.31. The molecule has 0 atom stereocenters. The lowest BCUT2D eigenvalue weighted by Crippen LogP contribution is -2.01. The van der Waals surface area contributed by atoms with E-state index in [1.165, 1.54) is 0 Å². The van der Waals surface area contributed by atoms with E-state index >= 15 is 0 Å². The van der Waals surface area contributed by atoms with Crippen LogP contribution in [0.2, 0.25) is 5.02 Å². The minimum Gasteiger partial charge on any atom is -0.383 e. The quantitative estimate of drug-likeness (QED) is 0.782. The van der Waals surface area contributed by atoms with Gasteiger partial charge in [-0.15, -0.1) is 0 Å². The summed E-state index contributed by atoms with van der Waals surface area (Å²) < 4.78 is 3.75. The second kappa shape index (κ2) is 4.28. The standard InChI is InChI=1S/C13H14ClN5/c1-3-19-11-5-4-8(14)6-10(11)17-13(19)9-7-16-18(2)12(9)15/h4-7H,3,15H2,1-2H3. The summed E-state index contributed by atoms with van der Waals surface area (Å²) in [6, 6.07) is 5.71. The monoisotopic (exact) mass is 275 g/mol. The first kappa shape index (κ1) is 12.0. The summed E-state index contributed by atoms with van der Waals surface area (Å²) in [5.41, 5.74) is 8.79. The zero-order valence-electron chi connectivity index (χ0n) is 10.8. The van der Waals surface area contributed by atoms with Gasteiger partial charge in [0.1, 0.15) is 11.6 Å². The first-order valence-electron chi connectivity index (χ1n) is 6.05. The minimum absolute atomic E-state index is 0.608. The summed E-state index contributed by atoms with van der Waals surface area (Å²) in [5, 5.41) is 4.85. The van der Waals surface area contributed by atoms with E-state index < -0.39 is 0 Å². The van der Waals surface area contributed by atoms with Gasteiger partial charge in [-0.05, 0) is 25.1 Å². The highest BCUT2D eigenvalue weighted by Gasteiger charge is 2.16.